The van der Waals surface area contributed by atoms with E-state index in [1.165, 1.54) is 45.3 Å². The molecule has 0 unspecified atom stereocenters. The van der Waals surface area contributed by atoms with E-state index in [0.29, 0.717) is 125 Å². The molecule has 131 heavy (non-hydrogen) atoms. The van der Waals surface area contributed by atoms with Crippen molar-refractivity contribution in [1.82, 2.24) is 80.3 Å². The van der Waals surface area contributed by atoms with Gasteiger partial charge in [-0.15, -0.1) is 45.3 Å². The highest BCUT2D eigenvalue weighted by Crippen LogP contribution is 2.42. The molecule has 6 saturated heterocycles. The SMILES string of the molecule is CC[C@@H](C)Nc1cc(C)c(-c2sc(C(=O)N3CCOCC3)nc2C(=O)N2CCC[C@@H]2C)cn1.CC[C@@H](C)Nc1cc(C)c(-c2sc(C(=O)NC3CCOCC3)nc2C(=O)N2CCC[C@@H]2C)cn1.Cc1cc(NC(C)C)ncc1-c1sc(C(=O)N[C@@H]2CC[C@@H]2O)nc1C(=O)N1CCC[C@@H]1C.Cc1cc(NC(C)C)ncc1-c1sc(C(=O)N[C@H]2CC[C@H]2O)nc1C(=O)N1CCC[C@@H]1C. The Morgan fingerprint density at radius 3 is 0.939 bits per heavy atom. The number of pyridine rings is 4. The summed E-state index contributed by atoms with van der Waals surface area (Å²) in [4.78, 5) is 154. The van der Waals surface area contributed by atoms with Gasteiger partial charge >= 0.3 is 0 Å². The molecule has 9 N–H and O–H groups in total. The smallest absolute Gasteiger partial charge is 0.283 e. The van der Waals surface area contributed by atoms with Crippen LogP contribution in [0, 0.1) is 27.7 Å². The van der Waals surface area contributed by atoms with E-state index in [-0.39, 0.29) is 112 Å². The van der Waals surface area contributed by atoms with Crippen molar-refractivity contribution in [2.75, 3.05) is 87.0 Å². The van der Waals surface area contributed by atoms with Crippen LogP contribution >= 0.6 is 45.3 Å². The van der Waals surface area contributed by atoms with Crippen LogP contribution in [0.3, 0.4) is 0 Å². The first-order chi connectivity index (χ1) is 62.7. The van der Waals surface area contributed by atoms with Crippen LogP contribution < -0.4 is 37.2 Å². The van der Waals surface area contributed by atoms with Crippen molar-refractivity contribution in [2.45, 2.75) is 292 Å². The Balaban J connectivity index is 0.000000149. The number of amides is 8. The number of likely N-dealkylation sites (tertiary alicyclic amines) is 4. The summed E-state index contributed by atoms with van der Waals surface area (Å²) in [5.41, 5.74) is 8.50. The number of hydrogen-bond acceptors (Lipinski definition) is 28. The van der Waals surface area contributed by atoms with Crippen LogP contribution in [0.1, 0.15) is 289 Å². The zero-order valence-electron chi connectivity index (χ0n) is 78.4. The molecule has 32 nitrogen and oxygen atoms in total. The average molecular weight is 1870 g/mol. The third kappa shape index (κ3) is 23.9. The molecule has 2 saturated carbocycles. The fourth-order valence-corrected chi connectivity index (χ4v) is 21.2. The molecule has 8 aromatic heterocycles. The summed E-state index contributed by atoms with van der Waals surface area (Å²) < 4.78 is 10.8. The monoisotopic (exact) mass is 1870 g/mol. The first-order valence-electron chi connectivity index (χ1n) is 46.7. The van der Waals surface area contributed by atoms with Crippen molar-refractivity contribution < 1.29 is 58.0 Å². The van der Waals surface area contributed by atoms with Crippen molar-refractivity contribution in [2.24, 2.45) is 0 Å². The van der Waals surface area contributed by atoms with E-state index in [1.54, 1.807) is 29.7 Å². The molecule has 6 aliphatic heterocycles. The second kappa shape index (κ2) is 44.6. The third-order valence-electron chi connectivity index (χ3n) is 25.6. The van der Waals surface area contributed by atoms with Gasteiger partial charge in [-0.2, -0.15) is 0 Å². The zero-order valence-corrected chi connectivity index (χ0v) is 81.7. The molecule has 0 bridgehead atoms. The number of anilines is 4. The van der Waals surface area contributed by atoms with Gasteiger partial charge in [0, 0.05) is 154 Å². The summed E-state index contributed by atoms with van der Waals surface area (Å²) in [5.74, 6) is 1.57. The zero-order chi connectivity index (χ0) is 93.8. The molecule has 8 aliphatic rings. The van der Waals surface area contributed by atoms with Crippen molar-refractivity contribution in [3.8, 4) is 41.8 Å². The first-order valence-corrected chi connectivity index (χ1v) is 50.0. The highest BCUT2D eigenvalue weighted by atomic mass is 32.1. The lowest BCUT2D eigenvalue weighted by Crippen LogP contribution is -2.50. The molecule has 8 fully saturated rings. The number of ether oxygens (including phenoxy) is 2. The van der Waals surface area contributed by atoms with Gasteiger partial charge in [0.25, 0.3) is 47.3 Å². The number of aryl methyl sites for hydroxylation is 4. The van der Waals surface area contributed by atoms with Crippen LogP contribution in [0.2, 0.25) is 0 Å². The highest BCUT2D eigenvalue weighted by molar-refractivity contribution is 7.18. The molecule has 8 aromatic rings. The molecule has 14 heterocycles. The summed E-state index contributed by atoms with van der Waals surface area (Å²) in [6, 6.07) is 9.24. The van der Waals surface area contributed by atoms with Gasteiger partial charge in [-0.1, -0.05) is 13.8 Å². The van der Waals surface area contributed by atoms with Gasteiger partial charge in [-0.05, 0) is 246 Å². The average Bonchev–Trinajstić information content (AvgIpc) is 1.66. The number of thiazole rings is 4. The molecule has 706 valence electrons. The van der Waals surface area contributed by atoms with E-state index in [9.17, 15) is 48.6 Å². The van der Waals surface area contributed by atoms with Crippen LogP contribution in [0.25, 0.3) is 41.8 Å². The maximum Gasteiger partial charge on any atom is 0.283 e. The predicted molar refractivity (Wildman–Crippen MR) is 515 cm³/mol. The summed E-state index contributed by atoms with van der Waals surface area (Å²) in [6.07, 6.45) is 20.3. The number of hydrogen-bond donors (Lipinski definition) is 9. The maximum absolute atomic E-state index is 13.5. The highest BCUT2D eigenvalue weighted by Gasteiger charge is 2.40. The number of aliphatic hydroxyl groups is 2. The van der Waals surface area contributed by atoms with Crippen molar-refractivity contribution in [3.63, 3.8) is 0 Å². The molecule has 8 amide bonds. The van der Waals surface area contributed by atoms with E-state index < -0.39 is 12.2 Å². The van der Waals surface area contributed by atoms with Crippen LogP contribution in [0.5, 0.6) is 0 Å². The molecule has 0 aromatic carbocycles. The molecule has 16 rings (SSSR count). The Morgan fingerprint density at radius 2 is 0.672 bits per heavy atom. The largest absolute Gasteiger partial charge is 0.391 e. The Hall–Kier alpha value is -10.1. The third-order valence-corrected chi connectivity index (χ3v) is 30.0. The normalized spacial score (nSPS) is 21.1. The van der Waals surface area contributed by atoms with Gasteiger partial charge in [0.15, 0.2) is 20.0 Å². The standard InChI is InChI=1S/C25H35N5O3S.C24H33N5O3S.2C23H31N5O3S/c1-5-16(3)27-20-13-15(2)19(14-26-20)22-21(25(32)30-10-6-7-17(30)4)29-24(34-22)23(31)28-18-8-11-33-12-9-18;1-5-16(3)26-19-13-15(2)18(14-25-19)21-20(23(30)29-8-6-7-17(29)4)27-22(33-21)24(31)28-9-11-32-12-10-28;2*1-12(2)25-18-10-13(3)15(11-24-18)20-19(23(31)28-9-5-6-14(28)4)27-22(32-20)21(30)26-16-7-8-17(16)29/h13-14,16-18H,5-12H2,1-4H3,(H,26,27)(H,28,31);13-14,16-17H,5-12H2,1-4H3,(H,25,26);2*10-12,14,16-17,29H,5-9H2,1-4H3,(H,24,25)(H,26,30)/t2*16-,17+;14-,16+,17-;14-,16-,17+/m1100/s1. The van der Waals surface area contributed by atoms with E-state index in [4.69, 9.17) is 9.47 Å². The van der Waals surface area contributed by atoms with Crippen molar-refractivity contribution >= 4 is 116 Å². The summed E-state index contributed by atoms with van der Waals surface area (Å²) >= 11 is 4.98. The van der Waals surface area contributed by atoms with Gasteiger partial charge in [-0.3, -0.25) is 38.4 Å². The molecular weight excluding hydrogens is 1740 g/mol. The van der Waals surface area contributed by atoms with E-state index >= 15 is 0 Å². The minimum absolute atomic E-state index is 0.0701. The lowest BCUT2D eigenvalue weighted by Gasteiger charge is -2.32. The maximum atomic E-state index is 13.5. The first kappa shape index (κ1) is 98.4. The second-order valence-electron chi connectivity index (χ2n) is 36.5. The molecular formula is C95H130N20O12S4. The minimum Gasteiger partial charge on any atom is -0.391 e. The Bertz CT molecular complexity index is 5230. The van der Waals surface area contributed by atoms with E-state index in [0.717, 1.165) is 176 Å². The van der Waals surface area contributed by atoms with Crippen LogP contribution in [-0.2, 0) is 9.47 Å². The van der Waals surface area contributed by atoms with Crippen molar-refractivity contribution in [1.29, 1.82) is 0 Å². The molecule has 0 spiro atoms. The molecule has 0 radical (unpaired) electrons. The number of morpholine rings is 1. The Kier molecular flexibility index (Phi) is 33.5. The quantitative estimate of drug-likeness (QED) is 0.0257. The lowest BCUT2D eigenvalue weighted by atomic mass is 9.89. The van der Waals surface area contributed by atoms with Crippen molar-refractivity contribution in [3.05, 3.63) is 114 Å². The van der Waals surface area contributed by atoms with E-state index in [1.807, 2.05) is 113 Å². The number of aliphatic hydroxyl groups excluding tert-OH is 2. The summed E-state index contributed by atoms with van der Waals surface area (Å²) in [7, 11) is 0. The van der Waals surface area contributed by atoms with E-state index in [2.05, 4.69) is 119 Å². The van der Waals surface area contributed by atoms with Gasteiger partial charge in [0.05, 0.1) is 57.0 Å². The van der Waals surface area contributed by atoms with Crippen LogP contribution in [0.4, 0.5) is 23.3 Å². The number of aromatic nitrogens is 8. The topological polar surface area (TPSA) is 399 Å². The predicted octanol–water partition coefficient (Wildman–Crippen LogP) is 14.5. The number of carbonyl (C=O) groups is 8. The number of nitrogens with one attached hydrogen (secondary N) is 7. The van der Waals surface area contributed by atoms with Gasteiger partial charge < -0.3 is 81.4 Å². The molecule has 2 aliphatic carbocycles. The molecule has 10 atom stereocenters. The molecule has 36 heteroatoms. The van der Waals surface area contributed by atoms with Gasteiger partial charge in [0.2, 0.25) is 0 Å². The second-order valence-corrected chi connectivity index (χ2v) is 40.5. The lowest BCUT2D eigenvalue weighted by molar-refractivity contribution is 0.0302. The number of nitrogens with zero attached hydrogens (tertiary/aromatic N) is 13. The number of rotatable bonds is 25. The summed E-state index contributed by atoms with van der Waals surface area (Å²) in [6.45, 7) is 39.1. The fraction of sp³-hybridized carbons (Fsp3) is 0.579. The minimum atomic E-state index is -0.516. The van der Waals surface area contributed by atoms with Gasteiger partial charge in [0.1, 0.15) is 46.0 Å². The fourth-order valence-electron chi connectivity index (χ4n) is 17.0. The van der Waals surface area contributed by atoms with Crippen LogP contribution in [0.15, 0.2) is 49.1 Å². The number of carbonyl (C=O) groups excluding carboxylic acids is 8. The van der Waals surface area contributed by atoms with Crippen LogP contribution in [-0.4, -0.2) is 266 Å². The summed E-state index contributed by atoms with van der Waals surface area (Å²) in [5, 5.41) is 42.9. The van der Waals surface area contributed by atoms with Gasteiger partial charge in [-0.25, -0.2) is 39.9 Å². The Labute approximate surface area is 784 Å². The Morgan fingerprint density at radius 1 is 0.382 bits per heavy atom.